The number of para-hydroxylation sites is 2. The maximum Gasteiger partial charge on any atom is 0.334 e. The number of carbonyl (C=O) groups is 1. The van der Waals surface area contributed by atoms with Crippen LogP contribution in [0.2, 0.25) is 0 Å². The molecule has 0 aliphatic carbocycles. The molecule has 0 saturated carbocycles. The van der Waals surface area contributed by atoms with Crippen molar-refractivity contribution in [1.82, 2.24) is 19.8 Å². The Hall–Kier alpha value is -2.08. The van der Waals surface area contributed by atoms with Gasteiger partial charge >= 0.3 is 11.7 Å². The minimum Gasteiger partial charge on any atom is -0.334 e. The van der Waals surface area contributed by atoms with Gasteiger partial charge in [0.2, 0.25) is 0 Å². The molecule has 2 unspecified atom stereocenters. The number of carbonyl (C=O) groups excluding carboxylic acids is 1. The normalized spacial score (nSPS) is 28.0. The first-order valence-electron chi connectivity index (χ1n) is 8.36. The molecule has 1 amide bonds. The van der Waals surface area contributed by atoms with Gasteiger partial charge in [0.25, 0.3) is 0 Å². The van der Waals surface area contributed by atoms with Gasteiger partial charge in [-0.2, -0.15) is 0 Å². The lowest BCUT2D eigenvalue weighted by molar-refractivity contribution is 0.0509. The molecular formula is C17H22N4O2. The zero-order valence-corrected chi connectivity index (χ0v) is 13.3. The maximum atomic E-state index is 12.6. The van der Waals surface area contributed by atoms with Crippen molar-refractivity contribution < 1.29 is 4.79 Å². The fourth-order valence-corrected chi connectivity index (χ4v) is 4.23. The summed E-state index contributed by atoms with van der Waals surface area (Å²) in [6, 6.07) is 8.20. The van der Waals surface area contributed by atoms with E-state index in [1.807, 2.05) is 12.1 Å². The van der Waals surface area contributed by atoms with E-state index < -0.39 is 0 Å². The fraction of sp³-hybridized carbons (Fsp3) is 0.529. The number of nitrogens with zero attached hydrogens (tertiary/aromatic N) is 2. The quantitative estimate of drug-likeness (QED) is 0.844. The summed E-state index contributed by atoms with van der Waals surface area (Å²) in [4.78, 5) is 29.9. The molecule has 23 heavy (non-hydrogen) atoms. The Morgan fingerprint density at radius 1 is 1.22 bits per heavy atom. The van der Waals surface area contributed by atoms with E-state index >= 15 is 0 Å². The highest BCUT2D eigenvalue weighted by Gasteiger charge is 2.36. The minimum atomic E-state index is -0.378. The smallest absolute Gasteiger partial charge is 0.334 e. The van der Waals surface area contributed by atoms with Gasteiger partial charge in [0, 0.05) is 18.1 Å². The van der Waals surface area contributed by atoms with Crippen LogP contribution in [0.5, 0.6) is 0 Å². The highest BCUT2D eigenvalue weighted by atomic mass is 16.2. The van der Waals surface area contributed by atoms with Crippen LogP contribution in [0.15, 0.2) is 29.1 Å². The van der Waals surface area contributed by atoms with Crippen LogP contribution in [0.3, 0.4) is 0 Å². The third-order valence-electron chi connectivity index (χ3n) is 5.46. The van der Waals surface area contributed by atoms with Gasteiger partial charge in [0.05, 0.1) is 11.0 Å². The zero-order chi connectivity index (χ0) is 16.0. The van der Waals surface area contributed by atoms with Gasteiger partial charge in [0.1, 0.15) is 0 Å². The van der Waals surface area contributed by atoms with Crippen molar-refractivity contribution in [3.8, 4) is 0 Å². The molecule has 1 aromatic carbocycles. The number of rotatable bonds is 1. The lowest BCUT2D eigenvalue weighted by Crippen LogP contribution is -2.56. The SMILES string of the molecule is CN1C2CCCC1CC(NC(=O)n1c(=O)[nH]c3ccccc31)C2. The second-order valence-corrected chi connectivity index (χ2v) is 6.80. The van der Waals surface area contributed by atoms with Crippen molar-refractivity contribution in [2.75, 3.05) is 7.05 Å². The van der Waals surface area contributed by atoms with Crippen molar-refractivity contribution in [2.45, 2.75) is 50.2 Å². The first-order valence-corrected chi connectivity index (χ1v) is 8.36. The number of hydrogen-bond acceptors (Lipinski definition) is 3. The first kappa shape index (κ1) is 14.5. The van der Waals surface area contributed by atoms with Crippen molar-refractivity contribution in [3.63, 3.8) is 0 Å². The van der Waals surface area contributed by atoms with Gasteiger partial charge in [-0.3, -0.25) is 0 Å². The Morgan fingerprint density at radius 3 is 2.65 bits per heavy atom. The Morgan fingerprint density at radius 2 is 1.91 bits per heavy atom. The Labute approximate surface area is 134 Å². The monoisotopic (exact) mass is 314 g/mol. The minimum absolute atomic E-state index is 0.148. The second-order valence-electron chi connectivity index (χ2n) is 6.80. The van der Waals surface area contributed by atoms with E-state index in [0.717, 1.165) is 12.8 Å². The van der Waals surface area contributed by atoms with Gasteiger partial charge in [-0.1, -0.05) is 18.6 Å². The molecule has 1 aromatic heterocycles. The molecule has 3 heterocycles. The van der Waals surface area contributed by atoms with Gasteiger partial charge < -0.3 is 15.2 Å². The van der Waals surface area contributed by atoms with Crippen molar-refractivity contribution in [2.24, 2.45) is 0 Å². The number of nitrogens with one attached hydrogen (secondary N) is 2. The predicted octanol–water partition coefficient (Wildman–Crippen LogP) is 1.90. The van der Waals surface area contributed by atoms with E-state index in [2.05, 4.69) is 22.2 Å². The highest BCUT2D eigenvalue weighted by molar-refractivity contribution is 5.89. The van der Waals surface area contributed by atoms with Crippen LogP contribution >= 0.6 is 0 Å². The van der Waals surface area contributed by atoms with Crippen LogP contribution < -0.4 is 11.0 Å². The summed E-state index contributed by atoms with van der Waals surface area (Å²) < 4.78 is 1.21. The van der Waals surface area contributed by atoms with Crippen LogP contribution in [0, 0.1) is 0 Å². The summed E-state index contributed by atoms with van der Waals surface area (Å²) in [5.74, 6) is 0. The molecule has 2 atom stereocenters. The number of H-pyrrole nitrogens is 1. The molecule has 6 nitrogen and oxygen atoms in total. The van der Waals surface area contributed by atoms with Crippen LogP contribution in [-0.2, 0) is 0 Å². The van der Waals surface area contributed by atoms with Gasteiger partial charge in [0.15, 0.2) is 0 Å². The summed E-state index contributed by atoms with van der Waals surface area (Å²) in [7, 11) is 2.19. The first-order chi connectivity index (χ1) is 11.1. The van der Waals surface area contributed by atoms with E-state index in [9.17, 15) is 9.59 Å². The molecule has 2 fully saturated rings. The number of amides is 1. The summed E-state index contributed by atoms with van der Waals surface area (Å²) >= 11 is 0. The van der Waals surface area contributed by atoms with Crippen molar-refractivity contribution in [1.29, 1.82) is 0 Å². The second kappa shape index (κ2) is 5.53. The molecule has 0 spiro atoms. The van der Waals surface area contributed by atoms with Gasteiger partial charge in [-0.15, -0.1) is 0 Å². The van der Waals surface area contributed by atoms with E-state index in [-0.39, 0.29) is 17.8 Å². The van der Waals surface area contributed by atoms with Gasteiger partial charge in [-0.25, -0.2) is 14.2 Å². The average molecular weight is 314 g/mol. The van der Waals surface area contributed by atoms with E-state index in [1.165, 1.54) is 23.8 Å². The van der Waals surface area contributed by atoms with Crippen LogP contribution in [0.4, 0.5) is 4.79 Å². The number of imidazole rings is 1. The number of hydrogen-bond donors (Lipinski definition) is 2. The standard InChI is InChI=1S/C17H22N4O2/c1-20-12-5-4-6-13(20)10-11(9-12)18-16(22)21-15-8-3-2-7-14(15)19-17(21)23/h2-3,7-8,11-13H,4-6,9-10H2,1H3,(H,18,22)(H,19,23). The Kier molecular flexibility index (Phi) is 3.49. The molecule has 122 valence electrons. The summed E-state index contributed by atoms with van der Waals surface area (Å²) in [6.07, 6.45) is 5.62. The topological polar surface area (TPSA) is 70.1 Å². The third kappa shape index (κ3) is 2.47. The number of aromatic amines is 1. The molecule has 2 aliphatic heterocycles. The lowest BCUT2D eigenvalue weighted by Gasteiger charge is -2.47. The number of aromatic nitrogens is 2. The molecule has 2 aliphatic rings. The van der Waals surface area contributed by atoms with Gasteiger partial charge in [-0.05, 0) is 44.9 Å². The van der Waals surface area contributed by atoms with Crippen molar-refractivity contribution in [3.05, 3.63) is 34.7 Å². The fourth-order valence-electron chi connectivity index (χ4n) is 4.23. The third-order valence-corrected chi connectivity index (χ3v) is 5.46. The molecule has 0 radical (unpaired) electrons. The summed E-state index contributed by atoms with van der Waals surface area (Å²) in [5.41, 5.74) is 0.938. The van der Waals surface area contributed by atoms with Crippen LogP contribution in [0.25, 0.3) is 11.0 Å². The van der Waals surface area contributed by atoms with E-state index in [1.54, 1.807) is 12.1 Å². The average Bonchev–Trinajstić information content (AvgIpc) is 2.84. The predicted molar refractivity (Wildman–Crippen MR) is 88.7 cm³/mol. The summed E-state index contributed by atoms with van der Waals surface area (Å²) in [6.45, 7) is 0. The lowest BCUT2D eigenvalue weighted by atomic mass is 9.82. The number of benzene rings is 1. The maximum absolute atomic E-state index is 12.6. The van der Waals surface area contributed by atoms with E-state index in [0.29, 0.717) is 23.1 Å². The largest absolute Gasteiger partial charge is 0.334 e. The number of fused-ring (bicyclic) bond motifs is 3. The molecule has 4 rings (SSSR count). The van der Waals surface area contributed by atoms with E-state index in [4.69, 9.17) is 0 Å². The van der Waals surface area contributed by atoms with Crippen LogP contribution in [-0.4, -0.2) is 45.7 Å². The molecule has 6 heteroatoms. The highest BCUT2D eigenvalue weighted by Crippen LogP contribution is 2.32. The molecule has 2 N–H and O–H groups in total. The van der Waals surface area contributed by atoms with Crippen LogP contribution in [0.1, 0.15) is 32.1 Å². The van der Waals surface area contributed by atoms with Crippen molar-refractivity contribution >= 4 is 17.1 Å². The Bertz CT molecular complexity index is 779. The molecule has 2 bridgehead atoms. The number of piperidine rings is 2. The zero-order valence-electron chi connectivity index (χ0n) is 13.3. The molecular weight excluding hydrogens is 292 g/mol. The molecule has 2 saturated heterocycles. The molecule has 2 aromatic rings. The Balaban J connectivity index is 1.56. The summed E-state index contributed by atoms with van der Waals surface area (Å²) in [5, 5.41) is 3.08.